The van der Waals surface area contributed by atoms with Gasteiger partial charge in [-0.3, -0.25) is 0 Å². The number of pyridine rings is 1. The van der Waals surface area contributed by atoms with Gasteiger partial charge in [-0.1, -0.05) is 0 Å². The van der Waals surface area contributed by atoms with Crippen LogP contribution in [0.1, 0.15) is 24.2 Å². The second-order valence-corrected chi connectivity index (χ2v) is 3.85. The zero-order chi connectivity index (χ0) is 13.5. The molecule has 0 bridgehead atoms. The lowest BCUT2D eigenvalue weighted by Gasteiger charge is -2.15. The molecule has 0 saturated carbocycles. The first-order valence-electron chi connectivity index (χ1n) is 5.76. The zero-order valence-corrected chi connectivity index (χ0v) is 10.9. The molecule has 0 radical (unpaired) electrons. The molecule has 0 aliphatic rings. The maximum absolute atomic E-state index is 11.5. The minimum absolute atomic E-state index is 0.0894. The SMILES string of the molecule is CCOCC(C)Nc1cc(C(=O)OC)c(N)cn1. The van der Waals surface area contributed by atoms with Crippen LogP contribution in [0.5, 0.6) is 0 Å². The monoisotopic (exact) mass is 253 g/mol. The average Bonchev–Trinajstić information content (AvgIpc) is 2.37. The summed E-state index contributed by atoms with van der Waals surface area (Å²) in [4.78, 5) is 15.6. The van der Waals surface area contributed by atoms with Gasteiger partial charge in [-0.05, 0) is 19.9 Å². The Morgan fingerprint density at radius 2 is 2.33 bits per heavy atom. The summed E-state index contributed by atoms with van der Waals surface area (Å²) in [5.74, 6) is 0.0900. The Morgan fingerprint density at radius 3 is 2.94 bits per heavy atom. The Balaban J connectivity index is 2.75. The second kappa shape index (κ2) is 6.80. The standard InChI is InChI=1S/C12H19N3O3/c1-4-18-7-8(2)15-11-5-9(12(16)17-3)10(13)6-14-11/h5-6,8H,4,7,13H2,1-3H3,(H,14,15). The first kappa shape index (κ1) is 14.2. The van der Waals surface area contributed by atoms with Gasteiger partial charge in [0.2, 0.25) is 0 Å². The molecule has 1 unspecified atom stereocenters. The van der Waals surface area contributed by atoms with Crippen LogP contribution in [0, 0.1) is 0 Å². The first-order valence-corrected chi connectivity index (χ1v) is 5.76. The summed E-state index contributed by atoms with van der Waals surface area (Å²) in [6.45, 7) is 5.12. The number of hydrogen-bond donors (Lipinski definition) is 2. The highest BCUT2D eigenvalue weighted by atomic mass is 16.5. The molecule has 1 rings (SSSR count). The third-order valence-electron chi connectivity index (χ3n) is 2.31. The number of esters is 1. The Labute approximate surface area is 106 Å². The Hall–Kier alpha value is -1.82. The van der Waals surface area contributed by atoms with Gasteiger partial charge in [-0.25, -0.2) is 9.78 Å². The number of aromatic nitrogens is 1. The van der Waals surface area contributed by atoms with E-state index < -0.39 is 5.97 Å². The summed E-state index contributed by atoms with van der Waals surface area (Å²) in [6.07, 6.45) is 1.43. The lowest BCUT2D eigenvalue weighted by Crippen LogP contribution is -2.22. The van der Waals surface area contributed by atoms with E-state index in [0.717, 1.165) is 0 Å². The van der Waals surface area contributed by atoms with Crippen LogP contribution < -0.4 is 11.1 Å². The number of rotatable bonds is 6. The number of carbonyl (C=O) groups is 1. The molecule has 1 aromatic rings. The molecule has 0 aliphatic carbocycles. The van der Waals surface area contributed by atoms with Gasteiger partial charge >= 0.3 is 5.97 Å². The number of ether oxygens (including phenoxy) is 2. The van der Waals surface area contributed by atoms with Crippen molar-refractivity contribution < 1.29 is 14.3 Å². The van der Waals surface area contributed by atoms with Crippen molar-refractivity contribution in [3.05, 3.63) is 17.8 Å². The van der Waals surface area contributed by atoms with Gasteiger partial charge in [-0.2, -0.15) is 0 Å². The predicted molar refractivity (Wildman–Crippen MR) is 69.6 cm³/mol. The number of nitrogens with two attached hydrogens (primary N) is 1. The van der Waals surface area contributed by atoms with Crippen LogP contribution in [-0.4, -0.2) is 37.3 Å². The summed E-state index contributed by atoms with van der Waals surface area (Å²) in [5.41, 5.74) is 6.26. The van der Waals surface area contributed by atoms with E-state index in [4.69, 9.17) is 10.5 Å². The third kappa shape index (κ3) is 3.89. The van der Waals surface area contributed by atoms with Crippen LogP contribution in [-0.2, 0) is 9.47 Å². The molecule has 0 fully saturated rings. The second-order valence-electron chi connectivity index (χ2n) is 3.85. The molecule has 0 spiro atoms. The van der Waals surface area contributed by atoms with E-state index in [1.165, 1.54) is 13.3 Å². The van der Waals surface area contributed by atoms with Gasteiger partial charge in [-0.15, -0.1) is 0 Å². The average molecular weight is 253 g/mol. The maximum atomic E-state index is 11.5. The summed E-state index contributed by atoms with van der Waals surface area (Å²) in [5, 5.41) is 3.12. The number of nitrogens with zero attached hydrogens (tertiary/aromatic N) is 1. The van der Waals surface area contributed by atoms with E-state index in [0.29, 0.717) is 30.3 Å². The Morgan fingerprint density at radius 1 is 1.61 bits per heavy atom. The van der Waals surface area contributed by atoms with Gasteiger partial charge in [0, 0.05) is 12.6 Å². The molecule has 0 amide bonds. The molecule has 0 aromatic carbocycles. The number of carbonyl (C=O) groups excluding carboxylic acids is 1. The molecule has 0 aliphatic heterocycles. The van der Waals surface area contributed by atoms with Gasteiger partial charge in [0.15, 0.2) is 0 Å². The number of methoxy groups -OCH3 is 1. The van der Waals surface area contributed by atoms with E-state index in [2.05, 4.69) is 15.0 Å². The lowest BCUT2D eigenvalue weighted by atomic mass is 10.2. The molecule has 1 atom stereocenters. The fourth-order valence-corrected chi connectivity index (χ4v) is 1.42. The molecule has 6 nitrogen and oxygen atoms in total. The summed E-state index contributed by atoms with van der Waals surface area (Å²) in [7, 11) is 1.31. The van der Waals surface area contributed by atoms with Crippen molar-refractivity contribution in [2.24, 2.45) is 0 Å². The van der Waals surface area contributed by atoms with Gasteiger partial charge in [0.05, 0.1) is 31.2 Å². The highest BCUT2D eigenvalue weighted by molar-refractivity contribution is 5.95. The van der Waals surface area contributed by atoms with E-state index in [1.807, 2.05) is 13.8 Å². The highest BCUT2D eigenvalue weighted by Gasteiger charge is 2.12. The summed E-state index contributed by atoms with van der Waals surface area (Å²) in [6, 6.07) is 1.66. The van der Waals surface area contributed by atoms with Gasteiger partial charge < -0.3 is 20.5 Å². The quantitative estimate of drug-likeness (QED) is 0.743. The largest absolute Gasteiger partial charge is 0.465 e. The molecular formula is C12H19N3O3. The molecule has 100 valence electrons. The van der Waals surface area contributed by atoms with E-state index >= 15 is 0 Å². The molecular weight excluding hydrogens is 234 g/mol. The Kier molecular flexibility index (Phi) is 5.38. The summed E-state index contributed by atoms with van der Waals surface area (Å²) < 4.78 is 9.93. The Bertz CT molecular complexity index is 410. The maximum Gasteiger partial charge on any atom is 0.340 e. The molecule has 1 heterocycles. The molecule has 3 N–H and O–H groups in total. The normalized spacial score (nSPS) is 11.9. The van der Waals surface area contributed by atoms with Crippen molar-refractivity contribution in [2.45, 2.75) is 19.9 Å². The van der Waals surface area contributed by atoms with Crippen molar-refractivity contribution in [1.29, 1.82) is 0 Å². The van der Waals surface area contributed by atoms with Crippen LogP contribution in [0.2, 0.25) is 0 Å². The molecule has 0 saturated heterocycles. The van der Waals surface area contributed by atoms with Crippen molar-refractivity contribution in [2.75, 3.05) is 31.4 Å². The highest BCUT2D eigenvalue weighted by Crippen LogP contribution is 2.16. The van der Waals surface area contributed by atoms with Crippen LogP contribution in [0.25, 0.3) is 0 Å². The fraction of sp³-hybridized carbons (Fsp3) is 0.500. The van der Waals surface area contributed by atoms with Gasteiger partial charge in [0.25, 0.3) is 0 Å². The first-order chi connectivity index (χ1) is 8.58. The molecule has 18 heavy (non-hydrogen) atoms. The van der Waals surface area contributed by atoms with Crippen molar-refractivity contribution >= 4 is 17.5 Å². The topological polar surface area (TPSA) is 86.5 Å². The van der Waals surface area contributed by atoms with Crippen LogP contribution in [0.15, 0.2) is 12.3 Å². The number of nitrogens with one attached hydrogen (secondary N) is 1. The molecule has 6 heteroatoms. The third-order valence-corrected chi connectivity index (χ3v) is 2.31. The summed E-state index contributed by atoms with van der Waals surface area (Å²) >= 11 is 0. The minimum atomic E-state index is -0.476. The van der Waals surface area contributed by atoms with E-state index in [9.17, 15) is 4.79 Å². The van der Waals surface area contributed by atoms with Gasteiger partial charge in [0.1, 0.15) is 5.82 Å². The van der Waals surface area contributed by atoms with Crippen LogP contribution >= 0.6 is 0 Å². The number of anilines is 2. The van der Waals surface area contributed by atoms with Crippen molar-refractivity contribution in [3.63, 3.8) is 0 Å². The minimum Gasteiger partial charge on any atom is -0.465 e. The van der Waals surface area contributed by atoms with Crippen LogP contribution in [0.4, 0.5) is 11.5 Å². The number of nitrogen functional groups attached to an aromatic ring is 1. The van der Waals surface area contributed by atoms with E-state index in [1.54, 1.807) is 6.07 Å². The lowest BCUT2D eigenvalue weighted by molar-refractivity contribution is 0.0602. The fourth-order valence-electron chi connectivity index (χ4n) is 1.42. The zero-order valence-electron chi connectivity index (χ0n) is 10.9. The van der Waals surface area contributed by atoms with Crippen LogP contribution in [0.3, 0.4) is 0 Å². The van der Waals surface area contributed by atoms with Crippen molar-refractivity contribution in [1.82, 2.24) is 4.98 Å². The number of hydrogen-bond acceptors (Lipinski definition) is 6. The van der Waals surface area contributed by atoms with Crippen molar-refractivity contribution in [3.8, 4) is 0 Å². The smallest absolute Gasteiger partial charge is 0.340 e. The molecule has 1 aromatic heterocycles. The predicted octanol–water partition coefficient (Wildman–Crippen LogP) is 1.29. The van der Waals surface area contributed by atoms with E-state index in [-0.39, 0.29) is 6.04 Å².